The Labute approximate surface area is 214 Å². The normalized spacial score (nSPS) is 23.5. The Morgan fingerprint density at radius 2 is 1.81 bits per heavy atom. The molecule has 184 valence electrons. The van der Waals surface area contributed by atoms with Crippen LogP contribution in [0.3, 0.4) is 0 Å². The molecule has 0 radical (unpaired) electrons. The molecule has 3 amide bonds. The molecular formula is C25H22N4O5S2. The van der Waals surface area contributed by atoms with Crippen LogP contribution in [0.1, 0.15) is 16.4 Å². The highest BCUT2D eigenvalue weighted by molar-refractivity contribution is 8.00. The van der Waals surface area contributed by atoms with E-state index in [1.807, 2.05) is 12.1 Å². The van der Waals surface area contributed by atoms with Gasteiger partial charge in [-0.2, -0.15) is 0 Å². The van der Waals surface area contributed by atoms with Gasteiger partial charge in [-0.3, -0.25) is 28.7 Å². The van der Waals surface area contributed by atoms with Crippen LogP contribution >= 0.6 is 23.1 Å². The summed E-state index contributed by atoms with van der Waals surface area (Å²) in [6, 6.07) is 12.5. The van der Waals surface area contributed by atoms with Crippen LogP contribution in [0.2, 0.25) is 0 Å². The van der Waals surface area contributed by atoms with E-state index in [1.165, 1.54) is 21.2 Å². The molecule has 5 heterocycles. The van der Waals surface area contributed by atoms with Gasteiger partial charge in [0, 0.05) is 36.3 Å². The molecule has 0 saturated carbocycles. The number of aromatic nitrogens is 2. The number of thioether (sulfide) groups is 1. The molecule has 2 fully saturated rings. The van der Waals surface area contributed by atoms with E-state index in [2.05, 4.69) is 4.98 Å². The van der Waals surface area contributed by atoms with Crippen LogP contribution < -0.4 is 9.77 Å². The highest BCUT2D eigenvalue weighted by Gasteiger charge is 2.56. The Hall–Kier alpha value is -3.28. The fourth-order valence-electron chi connectivity index (χ4n) is 5.05. The first kappa shape index (κ1) is 23.1. The van der Waals surface area contributed by atoms with Gasteiger partial charge in [0.15, 0.2) is 0 Å². The molecule has 2 aromatic heterocycles. The first-order valence-corrected chi connectivity index (χ1v) is 13.3. The van der Waals surface area contributed by atoms with Gasteiger partial charge in [-0.15, -0.1) is 0 Å². The van der Waals surface area contributed by atoms with Crippen molar-refractivity contribution in [3.63, 3.8) is 0 Å². The maximum Gasteiger partial charge on any atom is 0.308 e. The van der Waals surface area contributed by atoms with E-state index in [-0.39, 0.29) is 29.1 Å². The second-order valence-electron chi connectivity index (χ2n) is 8.79. The number of rotatable bonds is 4. The number of hydrogen-bond donors (Lipinski definition) is 0. The van der Waals surface area contributed by atoms with E-state index in [0.29, 0.717) is 41.9 Å². The number of thiazole rings is 1. The number of imide groups is 1. The minimum atomic E-state index is -0.714. The van der Waals surface area contributed by atoms with Crippen molar-refractivity contribution in [2.75, 3.05) is 31.2 Å². The molecule has 11 heteroatoms. The van der Waals surface area contributed by atoms with Crippen molar-refractivity contribution in [3.05, 3.63) is 75.0 Å². The third-order valence-electron chi connectivity index (χ3n) is 6.76. The molecule has 9 nitrogen and oxygen atoms in total. The summed E-state index contributed by atoms with van der Waals surface area (Å²) < 4.78 is 6.80. The number of amides is 3. The second-order valence-corrected chi connectivity index (χ2v) is 10.9. The molecular weight excluding hydrogens is 500 g/mol. The van der Waals surface area contributed by atoms with Crippen molar-refractivity contribution in [3.8, 4) is 0 Å². The van der Waals surface area contributed by atoms with E-state index in [0.717, 1.165) is 16.9 Å². The number of pyridine rings is 1. The molecule has 6 rings (SSSR count). The molecule has 0 bridgehead atoms. The number of carbonyl (C=O) groups is 3. The first-order chi connectivity index (χ1) is 17.5. The van der Waals surface area contributed by atoms with Gasteiger partial charge in [0.2, 0.25) is 17.7 Å². The van der Waals surface area contributed by atoms with E-state index in [4.69, 9.17) is 4.74 Å². The van der Waals surface area contributed by atoms with Crippen LogP contribution in [0.4, 0.5) is 5.69 Å². The number of anilines is 1. The molecule has 3 aliphatic rings. The third kappa shape index (κ3) is 3.78. The first-order valence-electron chi connectivity index (χ1n) is 11.6. The van der Waals surface area contributed by atoms with Crippen molar-refractivity contribution < 1.29 is 19.1 Å². The lowest BCUT2D eigenvalue weighted by molar-refractivity contribution is -0.136. The fourth-order valence-corrected chi connectivity index (χ4v) is 7.83. The minimum absolute atomic E-state index is 0.112. The fraction of sp³-hybridized carbons (Fsp3) is 0.320. The summed E-state index contributed by atoms with van der Waals surface area (Å²) in [4.78, 5) is 61.1. The van der Waals surface area contributed by atoms with E-state index in [9.17, 15) is 19.2 Å². The number of carbonyl (C=O) groups excluding carboxylic acids is 3. The number of para-hydroxylation sites is 1. The van der Waals surface area contributed by atoms with Crippen LogP contribution in [0.5, 0.6) is 0 Å². The summed E-state index contributed by atoms with van der Waals surface area (Å²) in [5, 5.41) is -0.132. The van der Waals surface area contributed by atoms with Gasteiger partial charge < -0.3 is 9.64 Å². The highest BCUT2D eigenvalue weighted by Crippen LogP contribution is 2.53. The van der Waals surface area contributed by atoms with E-state index >= 15 is 0 Å². The summed E-state index contributed by atoms with van der Waals surface area (Å²) in [6.45, 7) is 1.79. The molecule has 2 saturated heterocycles. The largest absolute Gasteiger partial charge is 0.378 e. The number of fused-ring (bicyclic) bond motifs is 2. The highest BCUT2D eigenvalue weighted by atomic mass is 32.2. The van der Waals surface area contributed by atoms with Crippen molar-refractivity contribution >= 4 is 46.5 Å². The number of nitrogens with zero attached hydrogens (tertiary/aromatic N) is 4. The maximum absolute atomic E-state index is 13.7. The maximum atomic E-state index is 13.7. The minimum Gasteiger partial charge on any atom is -0.378 e. The quantitative estimate of drug-likeness (QED) is 0.483. The van der Waals surface area contributed by atoms with Crippen LogP contribution in [-0.2, 0) is 25.7 Å². The monoisotopic (exact) mass is 522 g/mol. The molecule has 1 aromatic carbocycles. The average Bonchev–Trinajstić information content (AvgIpc) is 3.36. The molecule has 3 unspecified atom stereocenters. The summed E-state index contributed by atoms with van der Waals surface area (Å²) in [7, 11) is 0. The van der Waals surface area contributed by atoms with Crippen molar-refractivity contribution in [1.82, 2.24) is 14.5 Å². The molecule has 3 aliphatic heterocycles. The van der Waals surface area contributed by atoms with Gasteiger partial charge in [-0.05, 0) is 23.8 Å². The number of morpholine rings is 1. The number of ether oxygens (including phenoxy) is 1. The van der Waals surface area contributed by atoms with Crippen molar-refractivity contribution in [2.45, 2.75) is 22.7 Å². The van der Waals surface area contributed by atoms with Crippen molar-refractivity contribution in [2.24, 2.45) is 5.92 Å². The standard InChI is InChI=1S/C25H22N4O5S2/c30-17(27-9-11-34-12-10-27)14-28-24-21(36-25(28)33)18(15-5-4-8-26-13-15)19-20(35-24)23(32)29(22(19)31)16-6-2-1-3-7-16/h1-8,13,18-20H,9-12,14H2. The Balaban J connectivity index is 1.43. The zero-order chi connectivity index (χ0) is 24.8. The van der Waals surface area contributed by atoms with Gasteiger partial charge in [0.05, 0.1) is 29.8 Å². The molecule has 0 spiro atoms. The van der Waals surface area contributed by atoms with Gasteiger partial charge in [-0.1, -0.05) is 47.4 Å². The summed E-state index contributed by atoms with van der Waals surface area (Å²) >= 11 is 2.26. The van der Waals surface area contributed by atoms with Gasteiger partial charge >= 0.3 is 4.87 Å². The van der Waals surface area contributed by atoms with Gasteiger partial charge in [0.25, 0.3) is 0 Å². The predicted molar refractivity (Wildman–Crippen MR) is 134 cm³/mol. The predicted octanol–water partition coefficient (Wildman–Crippen LogP) is 1.96. The third-order valence-corrected chi connectivity index (χ3v) is 9.37. The van der Waals surface area contributed by atoms with Crippen LogP contribution in [-0.4, -0.2) is 63.7 Å². The Bertz CT molecular complexity index is 1380. The zero-order valence-electron chi connectivity index (χ0n) is 19.1. The topological polar surface area (TPSA) is 102 Å². The van der Waals surface area contributed by atoms with Gasteiger partial charge in [-0.25, -0.2) is 4.90 Å². The molecule has 3 aromatic rings. The summed E-state index contributed by atoms with van der Waals surface area (Å²) in [5.41, 5.74) is 1.29. The zero-order valence-corrected chi connectivity index (χ0v) is 20.7. The number of benzene rings is 1. The van der Waals surface area contributed by atoms with Crippen LogP contribution in [0.15, 0.2) is 64.7 Å². The smallest absolute Gasteiger partial charge is 0.308 e. The Morgan fingerprint density at radius 3 is 2.53 bits per heavy atom. The lowest BCUT2D eigenvalue weighted by Gasteiger charge is -2.31. The van der Waals surface area contributed by atoms with Crippen LogP contribution in [0.25, 0.3) is 0 Å². The molecule has 36 heavy (non-hydrogen) atoms. The molecule has 0 N–H and O–H groups in total. The second kappa shape index (κ2) is 9.30. The Kier molecular flexibility index (Phi) is 5.98. The van der Waals surface area contributed by atoms with E-state index < -0.39 is 17.1 Å². The SMILES string of the molecule is O=C(Cn1c2c(sc1=O)C(c1cccnc1)C1C(=O)N(c3ccccc3)C(=O)C1S2)N1CCOCC1. The number of hydrogen-bond acceptors (Lipinski definition) is 8. The lowest BCUT2D eigenvalue weighted by atomic mass is 9.84. The average molecular weight is 523 g/mol. The van der Waals surface area contributed by atoms with Crippen LogP contribution in [0, 0.1) is 5.92 Å². The molecule has 0 aliphatic carbocycles. The summed E-state index contributed by atoms with van der Waals surface area (Å²) in [6.07, 6.45) is 3.32. The van der Waals surface area contributed by atoms with Gasteiger partial charge in [0.1, 0.15) is 11.8 Å². The van der Waals surface area contributed by atoms with Crippen molar-refractivity contribution in [1.29, 1.82) is 0 Å². The lowest BCUT2D eigenvalue weighted by Crippen LogP contribution is -2.43. The molecule has 3 atom stereocenters. The summed E-state index contributed by atoms with van der Waals surface area (Å²) in [5.74, 6) is -1.96. The van der Waals surface area contributed by atoms with E-state index in [1.54, 1.807) is 47.6 Å². The Morgan fingerprint density at radius 1 is 1.03 bits per heavy atom.